The third-order valence-electron chi connectivity index (χ3n) is 2.55. The number of hydrogen-bond acceptors (Lipinski definition) is 4. The lowest BCUT2D eigenvalue weighted by Crippen LogP contribution is -2.32. The zero-order valence-electron chi connectivity index (χ0n) is 8.97. The van der Waals surface area contributed by atoms with Crippen molar-refractivity contribution < 1.29 is 19.4 Å². The Morgan fingerprint density at radius 3 is 2.88 bits per heavy atom. The quantitative estimate of drug-likeness (QED) is 0.751. The van der Waals surface area contributed by atoms with Crippen molar-refractivity contribution in [1.82, 2.24) is 0 Å². The molecule has 1 heterocycles. The van der Waals surface area contributed by atoms with Crippen LogP contribution in [0.5, 0.6) is 5.75 Å². The van der Waals surface area contributed by atoms with Crippen LogP contribution in [0, 0.1) is 0 Å². The van der Waals surface area contributed by atoms with Gasteiger partial charge in [-0.2, -0.15) is 0 Å². The molecule has 0 spiro atoms. The normalized spacial score (nSPS) is 15.4. The number of carbonyl (C=O) groups excluding carboxylic acids is 1. The molecule has 1 aliphatic rings. The van der Waals surface area contributed by atoms with Crippen molar-refractivity contribution >= 4 is 11.8 Å². The highest BCUT2D eigenvalue weighted by Crippen LogP contribution is 2.30. The number of hydrogen-bond donors (Lipinski definition) is 2. The lowest BCUT2D eigenvalue weighted by atomic mass is 10.0. The number of carbonyl (C=O) groups is 2. The second-order valence-electron chi connectivity index (χ2n) is 3.83. The number of allylic oxidation sites excluding steroid dienone is 1. The number of ketones is 1. The molecule has 17 heavy (non-hydrogen) atoms. The third-order valence-corrected chi connectivity index (χ3v) is 2.55. The Balaban J connectivity index is 2.26. The van der Waals surface area contributed by atoms with E-state index in [1.807, 2.05) is 0 Å². The molecule has 1 aromatic rings. The minimum absolute atomic E-state index is 0.0830. The molecule has 0 amide bonds. The van der Waals surface area contributed by atoms with Crippen molar-refractivity contribution in [3.05, 3.63) is 41.7 Å². The first-order valence-electron chi connectivity index (χ1n) is 5.02. The fourth-order valence-electron chi connectivity index (χ4n) is 1.64. The number of fused-ring (bicyclic) bond motifs is 1. The minimum atomic E-state index is -1.07. The summed E-state index contributed by atoms with van der Waals surface area (Å²) in [7, 11) is 0. The Hall–Kier alpha value is -2.14. The summed E-state index contributed by atoms with van der Waals surface area (Å²) in [6, 6.07) is 3.93. The maximum absolute atomic E-state index is 11.6. The summed E-state index contributed by atoms with van der Waals surface area (Å²) in [4.78, 5) is 22.2. The molecule has 0 saturated carbocycles. The fourth-order valence-corrected chi connectivity index (χ4v) is 1.64. The van der Waals surface area contributed by atoms with Crippen LogP contribution in [-0.2, 0) is 11.2 Å². The van der Waals surface area contributed by atoms with Gasteiger partial charge in [0, 0.05) is 0 Å². The fraction of sp³-hybridized carbons (Fsp3) is 0.167. The summed E-state index contributed by atoms with van der Waals surface area (Å²) >= 11 is 0. The van der Waals surface area contributed by atoms with Crippen molar-refractivity contribution in [2.45, 2.75) is 12.5 Å². The van der Waals surface area contributed by atoms with E-state index >= 15 is 0 Å². The molecule has 0 unspecified atom stereocenters. The molecule has 2 rings (SSSR count). The molecule has 0 aliphatic carbocycles. The van der Waals surface area contributed by atoms with Gasteiger partial charge < -0.3 is 15.6 Å². The first-order valence-corrected chi connectivity index (χ1v) is 5.02. The van der Waals surface area contributed by atoms with E-state index in [4.69, 9.17) is 15.6 Å². The Labute approximate surface area is 97.5 Å². The van der Waals surface area contributed by atoms with Gasteiger partial charge in [-0.1, -0.05) is 12.6 Å². The first-order chi connectivity index (χ1) is 7.99. The van der Waals surface area contributed by atoms with Crippen LogP contribution in [-0.4, -0.2) is 22.9 Å². The van der Waals surface area contributed by atoms with Crippen molar-refractivity contribution in [2.24, 2.45) is 5.73 Å². The van der Waals surface area contributed by atoms with Gasteiger partial charge in [-0.15, -0.1) is 0 Å². The maximum atomic E-state index is 11.6. The topological polar surface area (TPSA) is 89.6 Å². The van der Waals surface area contributed by atoms with Gasteiger partial charge in [-0.25, -0.2) is 0 Å². The van der Waals surface area contributed by atoms with E-state index in [0.29, 0.717) is 16.9 Å². The monoisotopic (exact) mass is 233 g/mol. The third kappa shape index (κ3) is 2.05. The van der Waals surface area contributed by atoms with Gasteiger partial charge in [0.1, 0.15) is 11.8 Å². The molecule has 1 aliphatic heterocycles. The number of carboxylic acids is 1. The summed E-state index contributed by atoms with van der Waals surface area (Å²) in [5.41, 5.74) is 6.52. The van der Waals surface area contributed by atoms with E-state index in [1.54, 1.807) is 18.2 Å². The van der Waals surface area contributed by atoms with Crippen LogP contribution in [0.2, 0.25) is 0 Å². The lowest BCUT2D eigenvalue weighted by molar-refractivity contribution is -0.138. The van der Waals surface area contributed by atoms with E-state index < -0.39 is 12.0 Å². The molecule has 5 nitrogen and oxygen atoms in total. The molecule has 3 N–H and O–H groups in total. The zero-order chi connectivity index (χ0) is 12.6. The molecule has 5 heteroatoms. The summed E-state index contributed by atoms with van der Waals surface area (Å²) in [6.07, 6.45) is 0.169. The van der Waals surface area contributed by atoms with Crippen molar-refractivity contribution in [2.75, 3.05) is 0 Å². The predicted molar refractivity (Wildman–Crippen MR) is 59.9 cm³/mol. The molecule has 0 fully saturated rings. The summed E-state index contributed by atoms with van der Waals surface area (Å²) in [5.74, 6) is -0.810. The van der Waals surface area contributed by atoms with Crippen LogP contribution in [0.4, 0.5) is 0 Å². The van der Waals surface area contributed by atoms with Crippen LogP contribution in [0.25, 0.3) is 0 Å². The summed E-state index contributed by atoms with van der Waals surface area (Å²) in [5, 5.41) is 8.70. The Morgan fingerprint density at radius 1 is 1.53 bits per heavy atom. The molecule has 0 saturated heterocycles. The standard InChI is InChI=1S/C12H11NO4/c1-6-11(14)8-4-7(2-3-10(8)17-6)5-9(13)12(15)16/h2-4,9H,1,5,13H2,(H,15,16)/t9-/m0/s1. The molecule has 1 atom stereocenters. The predicted octanol–water partition coefficient (Wildman–Crippen LogP) is 0.730. The maximum Gasteiger partial charge on any atom is 0.320 e. The number of aliphatic carboxylic acids is 1. The molecule has 0 radical (unpaired) electrons. The SMILES string of the molecule is C=C1Oc2ccc(C[C@H](N)C(=O)O)cc2C1=O. The molecule has 0 bridgehead atoms. The van der Waals surface area contributed by atoms with Crippen LogP contribution >= 0.6 is 0 Å². The molecular weight excluding hydrogens is 222 g/mol. The van der Waals surface area contributed by atoms with Gasteiger partial charge in [0.05, 0.1) is 5.56 Å². The van der Waals surface area contributed by atoms with Gasteiger partial charge in [0.15, 0.2) is 5.76 Å². The van der Waals surface area contributed by atoms with Crippen LogP contribution < -0.4 is 10.5 Å². The van der Waals surface area contributed by atoms with Crippen molar-refractivity contribution in [3.8, 4) is 5.75 Å². The zero-order valence-corrected chi connectivity index (χ0v) is 8.97. The average Bonchev–Trinajstić information content (AvgIpc) is 2.55. The molecule has 88 valence electrons. The van der Waals surface area contributed by atoms with Crippen molar-refractivity contribution in [1.29, 1.82) is 0 Å². The second kappa shape index (κ2) is 4.03. The van der Waals surface area contributed by atoms with Gasteiger partial charge in [0.2, 0.25) is 5.78 Å². The average molecular weight is 233 g/mol. The van der Waals surface area contributed by atoms with Crippen LogP contribution in [0.3, 0.4) is 0 Å². The largest absolute Gasteiger partial charge is 0.480 e. The van der Waals surface area contributed by atoms with Crippen molar-refractivity contribution in [3.63, 3.8) is 0 Å². The van der Waals surface area contributed by atoms with E-state index in [-0.39, 0.29) is 18.0 Å². The van der Waals surface area contributed by atoms with Crippen LogP contribution in [0.15, 0.2) is 30.5 Å². The highest BCUT2D eigenvalue weighted by Gasteiger charge is 2.26. The number of carboxylic acid groups (broad SMARTS) is 1. The number of Topliss-reactive ketones (excluding diaryl/α,β-unsaturated/α-hetero) is 1. The highest BCUT2D eigenvalue weighted by molar-refractivity contribution is 6.11. The Morgan fingerprint density at radius 2 is 2.24 bits per heavy atom. The van der Waals surface area contributed by atoms with Gasteiger partial charge in [0.25, 0.3) is 0 Å². The molecule has 0 aromatic heterocycles. The number of nitrogens with two attached hydrogens (primary N) is 1. The summed E-state index contributed by atoms with van der Waals surface area (Å²) in [6.45, 7) is 3.48. The molecular formula is C12H11NO4. The van der Waals surface area contributed by atoms with Gasteiger partial charge in [-0.05, 0) is 24.1 Å². The Kier molecular flexibility index (Phi) is 2.69. The number of rotatable bonds is 3. The van der Waals surface area contributed by atoms with Gasteiger partial charge in [-0.3, -0.25) is 9.59 Å². The van der Waals surface area contributed by atoms with E-state index in [2.05, 4.69) is 6.58 Å². The second-order valence-corrected chi connectivity index (χ2v) is 3.83. The summed E-state index contributed by atoms with van der Waals surface area (Å²) < 4.78 is 5.13. The lowest BCUT2D eigenvalue weighted by Gasteiger charge is -2.06. The molecule has 1 aromatic carbocycles. The number of ether oxygens (including phenoxy) is 1. The van der Waals surface area contributed by atoms with E-state index in [9.17, 15) is 9.59 Å². The van der Waals surface area contributed by atoms with Crippen LogP contribution in [0.1, 0.15) is 15.9 Å². The van der Waals surface area contributed by atoms with E-state index in [1.165, 1.54) is 0 Å². The van der Waals surface area contributed by atoms with Gasteiger partial charge >= 0.3 is 5.97 Å². The Bertz CT molecular complexity index is 521. The first kappa shape index (κ1) is 11.3. The van der Waals surface area contributed by atoms with E-state index in [0.717, 1.165) is 0 Å². The number of benzene rings is 1. The minimum Gasteiger partial charge on any atom is -0.480 e. The highest BCUT2D eigenvalue weighted by atomic mass is 16.5. The smallest absolute Gasteiger partial charge is 0.320 e.